The number of hydrogen-bond acceptors (Lipinski definition) is 3. The van der Waals surface area contributed by atoms with E-state index in [1.807, 2.05) is 0 Å². The van der Waals surface area contributed by atoms with E-state index in [-0.39, 0.29) is 5.41 Å². The standard InChI is InChI=1S/C13H19ClN2O/c1-12(2)6-5-9-8(7-12)10(14)16-11(15-9)13(3,4)17/h17H,5-7H2,1-4H3. The van der Waals surface area contributed by atoms with E-state index in [1.165, 1.54) is 0 Å². The summed E-state index contributed by atoms with van der Waals surface area (Å²) in [6.07, 6.45) is 2.92. The van der Waals surface area contributed by atoms with Crippen LogP contribution in [-0.4, -0.2) is 15.1 Å². The summed E-state index contributed by atoms with van der Waals surface area (Å²) in [6, 6.07) is 0. The normalized spacial score (nSPS) is 18.9. The highest BCUT2D eigenvalue weighted by molar-refractivity contribution is 6.30. The van der Waals surface area contributed by atoms with Crippen molar-refractivity contribution < 1.29 is 5.11 Å². The Balaban J connectivity index is 2.47. The van der Waals surface area contributed by atoms with Gasteiger partial charge in [0.05, 0.1) is 0 Å². The number of hydrogen-bond donors (Lipinski definition) is 1. The van der Waals surface area contributed by atoms with Gasteiger partial charge >= 0.3 is 0 Å². The third kappa shape index (κ3) is 2.61. The largest absolute Gasteiger partial charge is 0.382 e. The highest BCUT2D eigenvalue weighted by Crippen LogP contribution is 2.37. The molecule has 4 heteroatoms. The van der Waals surface area contributed by atoms with Crippen molar-refractivity contribution >= 4 is 11.6 Å². The van der Waals surface area contributed by atoms with E-state index >= 15 is 0 Å². The van der Waals surface area contributed by atoms with Crippen LogP contribution in [0.4, 0.5) is 0 Å². The molecule has 1 N–H and O–H groups in total. The fourth-order valence-corrected chi connectivity index (χ4v) is 2.43. The molecule has 0 atom stereocenters. The van der Waals surface area contributed by atoms with Crippen LogP contribution in [0.3, 0.4) is 0 Å². The zero-order valence-corrected chi connectivity index (χ0v) is 11.6. The van der Waals surface area contributed by atoms with E-state index in [2.05, 4.69) is 23.8 Å². The summed E-state index contributed by atoms with van der Waals surface area (Å²) < 4.78 is 0. The predicted molar refractivity (Wildman–Crippen MR) is 68.1 cm³/mol. The molecule has 0 aromatic carbocycles. The number of fused-ring (bicyclic) bond motifs is 1. The lowest BCUT2D eigenvalue weighted by atomic mass is 9.76. The molecule has 1 aromatic rings. The average molecular weight is 255 g/mol. The minimum Gasteiger partial charge on any atom is -0.382 e. The molecule has 0 unspecified atom stereocenters. The summed E-state index contributed by atoms with van der Waals surface area (Å²) in [7, 11) is 0. The van der Waals surface area contributed by atoms with E-state index in [0.717, 1.165) is 30.5 Å². The molecule has 1 aliphatic carbocycles. The Bertz CT molecular complexity index is 449. The first-order valence-electron chi connectivity index (χ1n) is 5.97. The van der Waals surface area contributed by atoms with Gasteiger partial charge in [0, 0.05) is 11.3 Å². The predicted octanol–water partition coefficient (Wildman–Crippen LogP) is 2.87. The molecule has 0 bridgehead atoms. The molecule has 0 radical (unpaired) electrons. The van der Waals surface area contributed by atoms with E-state index < -0.39 is 5.60 Å². The van der Waals surface area contributed by atoms with Gasteiger partial charge in [0.25, 0.3) is 0 Å². The summed E-state index contributed by atoms with van der Waals surface area (Å²) in [6.45, 7) is 7.82. The molecule has 17 heavy (non-hydrogen) atoms. The first-order valence-corrected chi connectivity index (χ1v) is 6.35. The average Bonchev–Trinajstić information content (AvgIpc) is 2.16. The number of halogens is 1. The SMILES string of the molecule is CC1(C)CCc2nc(C(C)(C)O)nc(Cl)c2C1. The molecule has 0 spiro atoms. The molecule has 0 saturated carbocycles. The molecule has 1 aliphatic rings. The van der Waals surface area contributed by atoms with Crippen LogP contribution < -0.4 is 0 Å². The maximum Gasteiger partial charge on any atom is 0.161 e. The van der Waals surface area contributed by atoms with Crippen molar-refractivity contribution in [2.75, 3.05) is 0 Å². The van der Waals surface area contributed by atoms with Gasteiger partial charge in [-0.15, -0.1) is 0 Å². The Labute approximate surface area is 107 Å². The number of nitrogens with zero attached hydrogens (tertiary/aromatic N) is 2. The Kier molecular flexibility index (Phi) is 2.95. The molecule has 94 valence electrons. The Morgan fingerprint density at radius 1 is 1.29 bits per heavy atom. The monoisotopic (exact) mass is 254 g/mol. The second-order valence-electron chi connectivity index (χ2n) is 6.16. The first kappa shape index (κ1) is 12.8. The zero-order valence-electron chi connectivity index (χ0n) is 10.8. The van der Waals surface area contributed by atoms with Crippen LogP contribution in [0.1, 0.15) is 51.2 Å². The van der Waals surface area contributed by atoms with Crippen molar-refractivity contribution in [3.8, 4) is 0 Å². The lowest BCUT2D eigenvalue weighted by molar-refractivity contribution is 0.0682. The summed E-state index contributed by atoms with van der Waals surface area (Å²) in [5.41, 5.74) is 1.28. The second-order valence-corrected chi connectivity index (χ2v) is 6.52. The number of aliphatic hydroxyl groups is 1. The van der Waals surface area contributed by atoms with Crippen LogP contribution in [0, 0.1) is 5.41 Å². The minimum absolute atomic E-state index is 0.260. The van der Waals surface area contributed by atoms with Gasteiger partial charge in [0.2, 0.25) is 0 Å². The van der Waals surface area contributed by atoms with Gasteiger partial charge in [-0.2, -0.15) is 0 Å². The Morgan fingerprint density at radius 3 is 2.53 bits per heavy atom. The zero-order chi connectivity index (χ0) is 12.8. The quantitative estimate of drug-likeness (QED) is 0.784. The van der Waals surface area contributed by atoms with E-state index in [1.54, 1.807) is 13.8 Å². The van der Waals surface area contributed by atoms with Gasteiger partial charge in [0.15, 0.2) is 5.82 Å². The van der Waals surface area contributed by atoms with E-state index in [9.17, 15) is 5.11 Å². The minimum atomic E-state index is -1.04. The van der Waals surface area contributed by atoms with Crippen molar-refractivity contribution in [1.29, 1.82) is 0 Å². The molecule has 0 saturated heterocycles. The lowest BCUT2D eigenvalue weighted by Gasteiger charge is -2.31. The van der Waals surface area contributed by atoms with Crippen LogP contribution in [0.2, 0.25) is 5.15 Å². The first-order chi connectivity index (χ1) is 7.69. The Morgan fingerprint density at radius 2 is 1.94 bits per heavy atom. The topological polar surface area (TPSA) is 46.0 Å². The van der Waals surface area contributed by atoms with Crippen LogP contribution in [0.5, 0.6) is 0 Å². The maximum absolute atomic E-state index is 9.93. The number of aromatic nitrogens is 2. The van der Waals surface area contributed by atoms with Crippen LogP contribution in [-0.2, 0) is 18.4 Å². The van der Waals surface area contributed by atoms with Crippen LogP contribution >= 0.6 is 11.6 Å². The molecular weight excluding hydrogens is 236 g/mol. The third-order valence-electron chi connectivity index (χ3n) is 3.28. The van der Waals surface area contributed by atoms with E-state index in [4.69, 9.17) is 11.6 Å². The van der Waals surface area contributed by atoms with Crippen molar-refractivity contribution in [2.24, 2.45) is 5.41 Å². The maximum atomic E-state index is 9.93. The summed E-state index contributed by atoms with van der Waals surface area (Å²) in [5.74, 6) is 0.418. The highest BCUT2D eigenvalue weighted by atomic mass is 35.5. The van der Waals surface area contributed by atoms with Gasteiger partial charge < -0.3 is 5.11 Å². The second kappa shape index (κ2) is 3.92. The summed E-state index contributed by atoms with van der Waals surface area (Å²) in [4.78, 5) is 8.69. The molecule has 3 nitrogen and oxygen atoms in total. The van der Waals surface area contributed by atoms with Crippen LogP contribution in [0.15, 0.2) is 0 Å². The fraction of sp³-hybridized carbons (Fsp3) is 0.692. The molecular formula is C13H19ClN2O. The van der Waals surface area contributed by atoms with Gasteiger partial charge in [-0.05, 0) is 38.5 Å². The van der Waals surface area contributed by atoms with E-state index in [0.29, 0.717) is 11.0 Å². The molecule has 0 aliphatic heterocycles. The molecule has 1 heterocycles. The van der Waals surface area contributed by atoms with Gasteiger partial charge in [-0.3, -0.25) is 0 Å². The molecule has 2 rings (SSSR count). The van der Waals surface area contributed by atoms with Crippen molar-refractivity contribution in [3.05, 3.63) is 22.2 Å². The van der Waals surface area contributed by atoms with Gasteiger partial charge in [-0.1, -0.05) is 25.4 Å². The number of rotatable bonds is 1. The summed E-state index contributed by atoms with van der Waals surface area (Å²) >= 11 is 6.22. The third-order valence-corrected chi connectivity index (χ3v) is 3.60. The molecule has 0 amide bonds. The van der Waals surface area contributed by atoms with Crippen molar-refractivity contribution in [2.45, 2.75) is 52.6 Å². The van der Waals surface area contributed by atoms with Crippen LogP contribution in [0.25, 0.3) is 0 Å². The lowest BCUT2D eigenvalue weighted by Crippen LogP contribution is -2.27. The van der Waals surface area contributed by atoms with Crippen molar-refractivity contribution in [1.82, 2.24) is 9.97 Å². The number of aryl methyl sites for hydroxylation is 1. The van der Waals surface area contributed by atoms with Gasteiger partial charge in [-0.25, -0.2) is 9.97 Å². The van der Waals surface area contributed by atoms with Crippen molar-refractivity contribution in [3.63, 3.8) is 0 Å². The smallest absolute Gasteiger partial charge is 0.161 e. The summed E-state index contributed by atoms with van der Waals surface area (Å²) in [5, 5.41) is 10.4. The molecule has 0 fully saturated rings. The fourth-order valence-electron chi connectivity index (χ4n) is 2.18. The van der Waals surface area contributed by atoms with Gasteiger partial charge in [0.1, 0.15) is 10.8 Å². The molecule has 1 aromatic heterocycles. The highest BCUT2D eigenvalue weighted by Gasteiger charge is 2.30. The Hall–Kier alpha value is -0.670.